The molecule has 0 aliphatic heterocycles. The predicted molar refractivity (Wildman–Crippen MR) is 83.1 cm³/mol. The number of nitrogens with zero attached hydrogens (tertiary/aromatic N) is 2. The van der Waals surface area contributed by atoms with E-state index in [4.69, 9.17) is 0 Å². The predicted octanol–water partition coefficient (Wildman–Crippen LogP) is 2.17. The fraction of sp³-hybridized carbons (Fsp3) is 0.571. The smallest absolute Gasteiger partial charge is 0.207 e. The zero-order chi connectivity index (χ0) is 17.1. The molecule has 0 heterocycles. The zero-order valence-corrected chi connectivity index (χ0v) is 13.5. The third-order valence-electron chi connectivity index (χ3n) is 4.49. The summed E-state index contributed by atoms with van der Waals surface area (Å²) in [7, 11) is 0. The SMILES string of the molecule is Cc1c(CC[N+](=O)[O-])cc(S(=O)O)cc1C1CCC1C[N+](=O)[O-]. The molecule has 0 spiro atoms. The molecule has 9 heteroatoms. The quantitative estimate of drug-likeness (QED) is 0.460. The van der Waals surface area contributed by atoms with Crippen LogP contribution in [0, 0.1) is 33.1 Å². The lowest BCUT2D eigenvalue weighted by Crippen LogP contribution is -2.31. The van der Waals surface area contributed by atoms with Crippen LogP contribution < -0.4 is 0 Å². The molecule has 23 heavy (non-hydrogen) atoms. The summed E-state index contributed by atoms with van der Waals surface area (Å²) in [6.07, 6.45) is 1.71. The van der Waals surface area contributed by atoms with Gasteiger partial charge in [-0.2, -0.15) is 0 Å². The lowest BCUT2D eigenvalue weighted by molar-refractivity contribution is -0.491. The van der Waals surface area contributed by atoms with E-state index < -0.39 is 16.0 Å². The van der Waals surface area contributed by atoms with Crippen LogP contribution in [0.1, 0.15) is 35.4 Å². The van der Waals surface area contributed by atoms with Crippen LogP contribution in [0.2, 0.25) is 0 Å². The second-order valence-corrected chi connectivity index (χ2v) is 6.78. The Balaban J connectivity index is 2.35. The molecule has 3 atom stereocenters. The minimum atomic E-state index is -2.19. The Morgan fingerprint density at radius 2 is 1.96 bits per heavy atom. The van der Waals surface area contributed by atoms with Gasteiger partial charge in [-0.05, 0) is 54.5 Å². The molecule has 8 nitrogen and oxygen atoms in total. The van der Waals surface area contributed by atoms with Gasteiger partial charge in [0.15, 0.2) is 11.1 Å². The van der Waals surface area contributed by atoms with Crippen molar-refractivity contribution < 1.29 is 18.6 Å². The van der Waals surface area contributed by atoms with Gasteiger partial charge in [-0.15, -0.1) is 0 Å². The highest BCUT2D eigenvalue weighted by Gasteiger charge is 2.37. The van der Waals surface area contributed by atoms with Crippen LogP contribution in [0.3, 0.4) is 0 Å². The maximum absolute atomic E-state index is 11.4. The third-order valence-corrected chi connectivity index (χ3v) is 5.13. The molecule has 0 amide bonds. The average molecular weight is 342 g/mol. The molecule has 0 bridgehead atoms. The van der Waals surface area contributed by atoms with Crippen molar-refractivity contribution in [2.45, 2.75) is 37.0 Å². The minimum Gasteiger partial charge on any atom is -0.302 e. The Bertz CT molecular complexity index is 663. The van der Waals surface area contributed by atoms with Gasteiger partial charge in [-0.25, -0.2) is 4.21 Å². The molecule has 0 radical (unpaired) electrons. The molecule has 1 aromatic rings. The van der Waals surface area contributed by atoms with Gasteiger partial charge in [-0.3, -0.25) is 20.2 Å². The van der Waals surface area contributed by atoms with Gasteiger partial charge in [0.25, 0.3) is 0 Å². The summed E-state index contributed by atoms with van der Waals surface area (Å²) >= 11 is -2.19. The Morgan fingerprint density at radius 1 is 1.26 bits per heavy atom. The summed E-state index contributed by atoms with van der Waals surface area (Å²) in [5.74, 6) is -0.118. The number of rotatable bonds is 7. The van der Waals surface area contributed by atoms with Gasteiger partial charge >= 0.3 is 0 Å². The molecule has 0 aromatic heterocycles. The average Bonchev–Trinajstić information content (AvgIpc) is 2.43. The summed E-state index contributed by atoms with van der Waals surface area (Å²) in [6, 6.07) is 3.12. The lowest BCUT2D eigenvalue weighted by Gasteiger charge is -2.35. The number of hydrogen-bond acceptors (Lipinski definition) is 5. The van der Waals surface area contributed by atoms with Crippen molar-refractivity contribution in [3.05, 3.63) is 49.1 Å². The number of hydrogen-bond donors (Lipinski definition) is 1. The van der Waals surface area contributed by atoms with E-state index in [2.05, 4.69) is 0 Å². The molecule has 126 valence electrons. The largest absolute Gasteiger partial charge is 0.302 e. The van der Waals surface area contributed by atoms with Crippen molar-refractivity contribution in [2.75, 3.05) is 13.1 Å². The second-order valence-electron chi connectivity index (χ2n) is 5.81. The van der Waals surface area contributed by atoms with Crippen molar-refractivity contribution >= 4 is 11.1 Å². The van der Waals surface area contributed by atoms with E-state index >= 15 is 0 Å². The van der Waals surface area contributed by atoms with Crippen molar-refractivity contribution in [1.82, 2.24) is 0 Å². The molecule has 1 aliphatic carbocycles. The first-order valence-electron chi connectivity index (χ1n) is 7.27. The van der Waals surface area contributed by atoms with Crippen LogP contribution in [0.5, 0.6) is 0 Å². The maximum Gasteiger partial charge on any atom is 0.207 e. The fourth-order valence-corrected chi connectivity index (χ4v) is 3.59. The summed E-state index contributed by atoms with van der Waals surface area (Å²) in [5.41, 5.74) is 2.30. The van der Waals surface area contributed by atoms with Crippen LogP contribution in [0.15, 0.2) is 17.0 Å². The van der Waals surface area contributed by atoms with Gasteiger partial charge in [-0.1, -0.05) is 0 Å². The first kappa shape index (κ1) is 17.5. The van der Waals surface area contributed by atoms with E-state index in [1.807, 2.05) is 6.92 Å². The van der Waals surface area contributed by atoms with E-state index in [-0.39, 0.29) is 41.2 Å². The van der Waals surface area contributed by atoms with Gasteiger partial charge < -0.3 is 4.55 Å². The number of benzene rings is 1. The van der Waals surface area contributed by atoms with Crippen LogP contribution in [-0.2, 0) is 17.5 Å². The molecule has 1 N–H and O–H groups in total. The van der Waals surface area contributed by atoms with Crippen LogP contribution >= 0.6 is 0 Å². The van der Waals surface area contributed by atoms with Crippen molar-refractivity contribution in [2.24, 2.45) is 5.92 Å². The Labute approximate surface area is 135 Å². The van der Waals surface area contributed by atoms with Gasteiger partial charge in [0.05, 0.1) is 4.90 Å². The van der Waals surface area contributed by atoms with Crippen LogP contribution in [0.4, 0.5) is 0 Å². The Kier molecular flexibility index (Phi) is 5.42. The highest BCUT2D eigenvalue weighted by molar-refractivity contribution is 7.79. The van der Waals surface area contributed by atoms with Gasteiger partial charge in [0.1, 0.15) is 0 Å². The van der Waals surface area contributed by atoms with E-state index in [1.54, 1.807) is 6.07 Å². The molecule has 1 fully saturated rings. The molecule has 1 aliphatic rings. The molecule has 3 unspecified atom stereocenters. The maximum atomic E-state index is 11.4. The normalized spacial score (nSPS) is 21.5. The van der Waals surface area contributed by atoms with Gasteiger partial charge in [0, 0.05) is 22.2 Å². The summed E-state index contributed by atoms with van der Waals surface area (Å²) < 4.78 is 20.8. The zero-order valence-electron chi connectivity index (χ0n) is 12.6. The molecule has 2 rings (SSSR count). The molecule has 0 saturated heterocycles. The highest BCUT2D eigenvalue weighted by Crippen LogP contribution is 2.44. The summed E-state index contributed by atoms with van der Waals surface area (Å²) in [6.45, 7) is 1.43. The van der Waals surface area contributed by atoms with E-state index in [0.29, 0.717) is 5.56 Å². The topological polar surface area (TPSA) is 124 Å². The Morgan fingerprint density at radius 3 is 2.43 bits per heavy atom. The summed E-state index contributed by atoms with van der Waals surface area (Å²) in [5, 5.41) is 21.3. The fourth-order valence-electron chi connectivity index (χ4n) is 3.11. The van der Waals surface area contributed by atoms with Crippen molar-refractivity contribution in [1.29, 1.82) is 0 Å². The number of nitro groups is 2. The lowest BCUT2D eigenvalue weighted by atomic mass is 9.68. The van der Waals surface area contributed by atoms with Crippen LogP contribution in [0.25, 0.3) is 0 Å². The Hall–Kier alpha value is -1.87. The molecule has 1 saturated carbocycles. The minimum absolute atomic E-state index is 0.0294. The third kappa shape index (κ3) is 4.11. The first-order valence-corrected chi connectivity index (χ1v) is 8.38. The molecular weight excluding hydrogens is 324 g/mol. The van der Waals surface area contributed by atoms with Gasteiger partial charge in [0.2, 0.25) is 13.1 Å². The molecule has 1 aromatic carbocycles. The van der Waals surface area contributed by atoms with E-state index in [0.717, 1.165) is 24.0 Å². The van der Waals surface area contributed by atoms with Crippen LogP contribution in [-0.4, -0.2) is 31.7 Å². The summed E-state index contributed by atoms with van der Waals surface area (Å²) in [4.78, 5) is 20.7. The standard InChI is InChI=1S/C14H18N2O6S/c1-9-10(4-5-15(17)18)6-12(23(21)22)7-14(9)13-3-2-11(13)8-16(19)20/h6-7,11,13H,2-5,8H2,1H3,(H,21,22). The van der Waals surface area contributed by atoms with E-state index in [1.165, 1.54) is 6.07 Å². The van der Waals surface area contributed by atoms with Crippen molar-refractivity contribution in [3.63, 3.8) is 0 Å². The second kappa shape index (κ2) is 7.14. The van der Waals surface area contributed by atoms with E-state index in [9.17, 15) is 29.0 Å². The molecular formula is C14H18N2O6S. The first-order chi connectivity index (χ1) is 10.8. The highest BCUT2D eigenvalue weighted by atomic mass is 32.2. The van der Waals surface area contributed by atoms with Crippen molar-refractivity contribution in [3.8, 4) is 0 Å². The monoisotopic (exact) mass is 342 g/mol.